The monoisotopic (exact) mass is 260 g/mol. The highest BCUT2D eigenvalue weighted by Crippen LogP contribution is 2.18. The van der Waals surface area contributed by atoms with Gasteiger partial charge >= 0.3 is 0 Å². The Morgan fingerprint density at radius 3 is 2.53 bits per heavy atom. The van der Waals surface area contributed by atoms with E-state index >= 15 is 0 Å². The van der Waals surface area contributed by atoms with Crippen molar-refractivity contribution in [2.45, 2.75) is 33.6 Å². The van der Waals surface area contributed by atoms with Crippen molar-refractivity contribution < 1.29 is 4.79 Å². The summed E-state index contributed by atoms with van der Waals surface area (Å²) in [4.78, 5) is 14.1. The van der Waals surface area contributed by atoms with Crippen molar-refractivity contribution in [3.8, 4) is 0 Å². The molecule has 0 spiro atoms. The number of piperazine rings is 1. The summed E-state index contributed by atoms with van der Waals surface area (Å²) >= 11 is 0. The number of carbonyl (C=O) groups is 1. The average molecular weight is 260 g/mol. The van der Waals surface area contributed by atoms with Crippen molar-refractivity contribution in [2.75, 3.05) is 26.2 Å². The molecule has 0 atom stereocenters. The van der Waals surface area contributed by atoms with E-state index in [9.17, 15) is 4.79 Å². The first-order valence-corrected chi connectivity index (χ1v) is 7.14. The topological polar surface area (TPSA) is 32.3 Å². The highest BCUT2D eigenvalue weighted by Gasteiger charge is 2.16. The van der Waals surface area contributed by atoms with E-state index in [2.05, 4.69) is 38.2 Å². The van der Waals surface area contributed by atoms with Gasteiger partial charge in [-0.05, 0) is 49.4 Å². The summed E-state index contributed by atoms with van der Waals surface area (Å²) in [5.41, 5.74) is 5.33. The molecule has 1 amide bonds. The van der Waals surface area contributed by atoms with E-state index in [-0.39, 0.29) is 0 Å². The third-order valence-electron chi connectivity index (χ3n) is 4.25. The lowest BCUT2D eigenvalue weighted by atomic mass is 9.96. The van der Waals surface area contributed by atoms with Gasteiger partial charge in [0.2, 0.25) is 5.91 Å². The second-order valence-electron chi connectivity index (χ2n) is 5.42. The molecule has 104 valence electrons. The Morgan fingerprint density at radius 2 is 1.84 bits per heavy atom. The predicted octanol–water partition coefficient (Wildman–Crippen LogP) is 1.98. The fourth-order valence-electron chi connectivity index (χ4n) is 2.60. The van der Waals surface area contributed by atoms with E-state index in [4.69, 9.17) is 0 Å². The molecule has 3 heteroatoms. The highest BCUT2D eigenvalue weighted by molar-refractivity contribution is 5.76. The molecule has 0 bridgehead atoms. The van der Waals surface area contributed by atoms with E-state index in [1.165, 1.54) is 22.3 Å². The minimum Gasteiger partial charge on any atom is -0.340 e. The lowest BCUT2D eigenvalue weighted by Crippen LogP contribution is -2.46. The second-order valence-corrected chi connectivity index (χ2v) is 5.42. The van der Waals surface area contributed by atoms with Gasteiger partial charge in [-0.25, -0.2) is 0 Å². The van der Waals surface area contributed by atoms with Crippen LogP contribution in [-0.4, -0.2) is 37.0 Å². The maximum absolute atomic E-state index is 12.1. The molecule has 1 heterocycles. The summed E-state index contributed by atoms with van der Waals surface area (Å²) in [6.07, 6.45) is 1.49. The number of amides is 1. The molecule has 0 saturated carbocycles. The first-order valence-electron chi connectivity index (χ1n) is 7.14. The molecule has 0 unspecified atom stereocenters. The quantitative estimate of drug-likeness (QED) is 0.901. The van der Waals surface area contributed by atoms with Crippen LogP contribution < -0.4 is 5.32 Å². The van der Waals surface area contributed by atoms with E-state index in [0.29, 0.717) is 12.3 Å². The van der Waals surface area contributed by atoms with Gasteiger partial charge in [-0.15, -0.1) is 0 Å². The zero-order valence-corrected chi connectivity index (χ0v) is 12.3. The molecule has 1 aliphatic heterocycles. The summed E-state index contributed by atoms with van der Waals surface area (Å²) in [7, 11) is 0. The zero-order chi connectivity index (χ0) is 13.8. The van der Waals surface area contributed by atoms with Gasteiger partial charge in [-0.3, -0.25) is 4.79 Å². The largest absolute Gasteiger partial charge is 0.340 e. The third-order valence-corrected chi connectivity index (χ3v) is 4.25. The molecule has 0 aliphatic carbocycles. The predicted molar refractivity (Wildman–Crippen MR) is 78.4 cm³/mol. The number of rotatable bonds is 3. The highest BCUT2D eigenvalue weighted by atomic mass is 16.2. The van der Waals surface area contributed by atoms with Crippen molar-refractivity contribution in [1.82, 2.24) is 10.2 Å². The molecular weight excluding hydrogens is 236 g/mol. The van der Waals surface area contributed by atoms with Crippen LogP contribution >= 0.6 is 0 Å². The molecule has 3 nitrogen and oxygen atoms in total. The van der Waals surface area contributed by atoms with E-state index in [1.54, 1.807) is 0 Å². The number of benzene rings is 1. The first kappa shape index (κ1) is 14.1. The Morgan fingerprint density at radius 1 is 1.16 bits per heavy atom. The summed E-state index contributed by atoms with van der Waals surface area (Å²) in [5, 5.41) is 3.27. The zero-order valence-electron chi connectivity index (χ0n) is 12.3. The number of hydrogen-bond donors (Lipinski definition) is 1. The van der Waals surface area contributed by atoms with Crippen LogP contribution in [0.1, 0.15) is 28.7 Å². The fourth-order valence-corrected chi connectivity index (χ4v) is 2.60. The van der Waals surface area contributed by atoms with Crippen LogP contribution in [0, 0.1) is 20.8 Å². The molecular formula is C16H24N2O. The SMILES string of the molecule is Cc1ccc(CCC(=O)N2CCNCC2)c(C)c1C. The van der Waals surface area contributed by atoms with Crippen LogP contribution in [0.25, 0.3) is 0 Å². The van der Waals surface area contributed by atoms with Crippen molar-refractivity contribution in [3.63, 3.8) is 0 Å². The van der Waals surface area contributed by atoms with Gasteiger partial charge in [-0.1, -0.05) is 12.1 Å². The number of carbonyl (C=O) groups excluding carboxylic acids is 1. The molecule has 0 radical (unpaired) electrons. The van der Waals surface area contributed by atoms with Crippen LogP contribution in [0.3, 0.4) is 0 Å². The minimum absolute atomic E-state index is 0.291. The van der Waals surface area contributed by atoms with Gasteiger partial charge in [0.15, 0.2) is 0 Å². The molecule has 1 aromatic rings. The maximum atomic E-state index is 12.1. The third kappa shape index (κ3) is 3.35. The van der Waals surface area contributed by atoms with Gasteiger partial charge in [0.05, 0.1) is 0 Å². The van der Waals surface area contributed by atoms with Gasteiger partial charge in [0.25, 0.3) is 0 Å². The van der Waals surface area contributed by atoms with Crippen LogP contribution in [0.2, 0.25) is 0 Å². The Labute approximate surface area is 116 Å². The van der Waals surface area contributed by atoms with E-state index in [1.807, 2.05) is 4.90 Å². The number of nitrogens with zero attached hydrogens (tertiary/aromatic N) is 1. The fraction of sp³-hybridized carbons (Fsp3) is 0.562. The Hall–Kier alpha value is -1.35. The normalized spacial score (nSPS) is 15.6. The van der Waals surface area contributed by atoms with E-state index in [0.717, 1.165) is 32.6 Å². The van der Waals surface area contributed by atoms with Gasteiger partial charge < -0.3 is 10.2 Å². The summed E-state index contributed by atoms with van der Waals surface area (Å²) in [6, 6.07) is 4.33. The van der Waals surface area contributed by atoms with Gasteiger partial charge in [0, 0.05) is 32.6 Å². The van der Waals surface area contributed by atoms with Crippen LogP contribution in [-0.2, 0) is 11.2 Å². The summed E-state index contributed by atoms with van der Waals surface area (Å²) in [5.74, 6) is 0.291. The van der Waals surface area contributed by atoms with Crippen LogP contribution in [0.15, 0.2) is 12.1 Å². The van der Waals surface area contributed by atoms with E-state index < -0.39 is 0 Å². The molecule has 1 aromatic carbocycles. The molecule has 1 aliphatic rings. The smallest absolute Gasteiger partial charge is 0.222 e. The molecule has 0 aromatic heterocycles. The van der Waals surface area contributed by atoms with Gasteiger partial charge in [0.1, 0.15) is 0 Å². The van der Waals surface area contributed by atoms with Gasteiger partial charge in [-0.2, -0.15) is 0 Å². The number of aryl methyl sites for hydroxylation is 2. The maximum Gasteiger partial charge on any atom is 0.222 e. The van der Waals surface area contributed by atoms with Crippen molar-refractivity contribution in [1.29, 1.82) is 0 Å². The molecule has 1 N–H and O–H groups in total. The van der Waals surface area contributed by atoms with Crippen molar-refractivity contribution >= 4 is 5.91 Å². The Bertz CT molecular complexity index is 462. The summed E-state index contributed by atoms with van der Waals surface area (Å²) < 4.78 is 0. The Balaban J connectivity index is 1.95. The number of nitrogens with one attached hydrogen (secondary N) is 1. The average Bonchev–Trinajstić information content (AvgIpc) is 2.45. The molecule has 19 heavy (non-hydrogen) atoms. The molecule has 1 saturated heterocycles. The van der Waals surface area contributed by atoms with Crippen molar-refractivity contribution in [2.24, 2.45) is 0 Å². The van der Waals surface area contributed by atoms with Crippen LogP contribution in [0.5, 0.6) is 0 Å². The van der Waals surface area contributed by atoms with Crippen molar-refractivity contribution in [3.05, 3.63) is 34.4 Å². The Kier molecular flexibility index (Phi) is 4.59. The lowest BCUT2D eigenvalue weighted by molar-refractivity contribution is -0.131. The molecule has 1 fully saturated rings. The first-order chi connectivity index (χ1) is 9.09. The molecule has 2 rings (SSSR count). The standard InChI is InChI=1S/C16H24N2O/c1-12-4-5-15(14(3)13(12)2)6-7-16(19)18-10-8-17-9-11-18/h4-5,17H,6-11H2,1-3H3. The second kappa shape index (κ2) is 6.20. The number of hydrogen-bond acceptors (Lipinski definition) is 2. The minimum atomic E-state index is 0.291. The van der Waals surface area contributed by atoms with Crippen LogP contribution in [0.4, 0.5) is 0 Å². The summed E-state index contributed by atoms with van der Waals surface area (Å²) in [6.45, 7) is 10.0. The lowest BCUT2D eigenvalue weighted by Gasteiger charge is -2.27.